The second-order valence-corrected chi connectivity index (χ2v) is 3.63. The van der Waals surface area contributed by atoms with E-state index in [1.165, 1.54) is 4.90 Å². The van der Waals surface area contributed by atoms with Gasteiger partial charge in [0.25, 0.3) is 0 Å². The molecule has 2 heterocycles. The highest BCUT2D eigenvalue weighted by atomic mass is 16.4. The fraction of sp³-hybridized carbons (Fsp3) is 0.556. The third kappa shape index (κ3) is 1.88. The van der Waals surface area contributed by atoms with Crippen molar-refractivity contribution in [1.82, 2.24) is 15.1 Å². The number of carbonyl (C=O) groups is 2. The summed E-state index contributed by atoms with van der Waals surface area (Å²) in [5, 5.41) is 16.3. The summed E-state index contributed by atoms with van der Waals surface area (Å²) in [4.78, 5) is 23.6. The number of aryl methyl sites for hydroxylation is 1. The molecule has 1 aliphatic rings. The fourth-order valence-corrected chi connectivity index (χ4v) is 1.74. The zero-order valence-electron chi connectivity index (χ0n) is 8.71. The number of likely N-dealkylation sites (tertiary alicyclic amines) is 1. The summed E-state index contributed by atoms with van der Waals surface area (Å²) in [6.45, 7) is 1.70. The first-order valence-electron chi connectivity index (χ1n) is 4.89. The summed E-state index contributed by atoms with van der Waals surface area (Å²) < 4.78 is 5.11. The maximum atomic E-state index is 11.5. The smallest absolute Gasteiger partial charge is 0.326 e. The molecule has 0 radical (unpaired) electrons. The monoisotopic (exact) mass is 225 g/mol. The zero-order valence-corrected chi connectivity index (χ0v) is 8.71. The van der Waals surface area contributed by atoms with Gasteiger partial charge in [-0.25, -0.2) is 4.79 Å². The zero-order chi connectivity index (χ0) is 11.7. The van der Waals surface area contributed by atoms with Crippen molar-refractivity contribution in [3.05, 3.63) is 11.8 Å². The van der Waals surface area contributed by atoms with Crippen LogP contribution >= 0.6 is 0 Å². The molecular weight excluding hydrogens is 214 g/mol. The van der Waals surface area contributed by atoms with Gasteiger partial charge in [-0.05, 0) is 6.42 Å². The van der Waals surface area contributed by atoms with Crippen LogP contribution in [0.2, 0.25) is 0 Å². The minimum atomic E-state index is -0.998. The van der Waals surface area contributed by atoms with Crippen LogP contribution in [0.15, 0.2) is 4.42 Å². The molecular formula is C9H11N3O4. The molecule has 1 saturated heterocycles. The van der Waals surface area contributed by atoms with Crippen molar-refractivity contribution in [2.75, 3.05) is 0 Å². The first-order chi connectivity index (χ1) is 7.58. The number of hydrogen-bond acceptors (Lipinski definition) is 5. The summed E-state index contributed by atoms with van der Waals surface area (Å²) in [6, 6.07) is -0.778. The van der Waals surface area contributed by atoms with Gasteiger partial charge in [0.15, 0.2) is 0 Å². The van der Waals surface area contributed by atoms with Crippen LogP contribution in [0.1, 0.15) is 24.6 Å². The van der Waals surface area contributed by atoms with Crippen LogP contribution in [0.5, 0.6) is 0 Å². The largest absolute Gasteiger partial charge is 0.480 e. The number of carboxylic acid groups (broad SMARTS) is 1. The number of rotatable bonds is 3. The number of aromatic nitrogens is 2. The van der Waals surface area contributed by atoms with Crippen molar-refractivity contribution < 1.29 is 19.1 Å². The minimum absolute atomic E-state index is 0.0661. The number of amides is 1. The van der Waals surface area contributed by atoms with Gasteiger partial charge < -0.3 is 14.4 Å². The van der Waals surface area contributed by atoms with Crippen LogP contribution < -0.4 is 0 Å². The highest BCUT2D eigenvalue weighted by Gasteiger charge is 2.36. The van der Waals surface area contributed by atoms with E-state index in [1.807, 2.05) is 0 Å². The average Bonchev–Trinajstić information content (AvgIpc) is 2.76. The predicted octanol–water partition coefficient (Wildman–Crippen LogP) is -0.0464. The average molecular weight is 225 g/mol. The van der Waals surface area contributed by atoms with Crippen molar-refractivity contribution in [3.8, 4) is 0 Å². The Labute approximate surface area is 91.1 Å². The molecule has 86 valence electrons. The van der Waals surface area contributed by atoms with E-state index in [1.54, 1.807) is 6.92 Å². The van der Waals surface area contributed by atoms with E-state index in [4.69, 9.17) is 9.52 Å². The van der Waals surface area contributed by atoms with E-state index < -0.39 is 12.0 Å². The number of hydrogen-bond donors (Lipinski definition) is 1. The molecule has 1 unspecified atom stereocenters. The fourth-order valence-electron chi connectivity index (χ4n) is 1.74. The van der Waals surface area contributed by atoms with Crippen LogP contribution in [-0.4, -0.2) is 38.1 Å². The quantitative estimate of drug-likeness (QED) is 0.774. The van der Waals surface area contributed by atoms with E-state index in [0.717, 1.165) is 0 Å². The number of carbonyl (C=O) groups excluding carboxylic acids is 1. The van der Waals surface area contributed by atoms with E-state index in [-0.39, 0.29) is 24.8 Å². The lowest BCUT2D eigenvalue weighted by Crippen LogP contribution is -2.38. The Kier molecular flexibility index (Phi) is 2.59. The lowest BCUT2D eigenvalue weighted by Gasteiger charge is -2.19. The molecule has 1 aliphatic heterocycles. The number of nitrogens with zero attached hydrogens (tertiary/aromatic N) is 3. The van der Waals surface area contributed by atoms with Crippen molar-refractivity contribution >= 4 is 11.9 Å². The molecule has 0 aromatic carbocycles. The molecule has 1 atom stereocenters. The Morgan fingerprint density at radius 3 is 2.94 bits per heavy atom. The third-order valence-corrected chi connectivity index (χ3v) is 2.49. The SMILES string of the molecule is Cc1nnc(CN2C(=O)CCC2C(=O)O)o1. The third-order valence-electron chi connectivity index (χ3n) is 2.49. The van der Waals surface area contributed by atoms with Crippen molar-refractivity contribution in [2.24, 2.45) is 0 Å². The highest BCUT2D eigenvalue weighted by Crippen LogP contribution is 2.21. The molecule has 16 heavy (non-hydrogen) atoms. The highest BCUT2D eigenvalue weighted by molar-refractivity contribution is 5.87. The molecule has 0 aliphatic carbocycles. The summed E-state index contributed by atoms with van der Waals surface area (Å²) in [6.07, 6.45) is 0.589. The van der Waals surface area contributed by atoms with Gasteiger partial charge in [0.1, 0.15) is 6.04 Å². The van der Waals surface area contributed by atoms with Gasteiger partial charge >= 0.3 is 5.97 Å². The molecule has 1 aromatic heterocycles. The number of carboxylic acids is 1. The molecule has 1 N–H and O–H groups in total. The molecule has 0 bridgehead atoms. The second-order valence-electron chi connectivity index (χ2n) is 3.63. The van der Waals surface area contributed by atoms with Crippen molar-refractivity contribution in [2.45, 2.75) is 32.4 Å². The Morgan fingerprint density at radius 2 is 2.38 bits per heavy atom. The minimum Gasteiger partial charge on any atom is -0.480 e. The maximum Gasteiger partial charge on any atom is 0.326 e. The first-order valence-corrected chi connectivity index (χ1v) is 4.89. The van der Waals surface area contributed by atoms with Gasteiger partial charge in [-0.1, -0.05) is 0 Å². The predicted molar refractivity (Wildman–Crippen MR) is 50.2 cm³/mol. The first kappa shape index (κ1) is 10.6. The van der Waals surface area contributed by atoms with E-state index in [0.29, 0.717) is 12.3 Å². The lowest BCUT2D eigenvalue weighted by atomic mass is 10.2. The van der Waals surface area contributed by atoms with Crippen LogP contribution in [0.25, 0.3) is 0 Å². The topological polar surface area (TPSA) is 96.5 Å². The van der Waals surface area contributed by atoms with Crippen LogP contribution in [-0.2, 0) is 16.1 Å². The summed E-state index contributed by atoms with van der Waals surface area (Å²) in [7, 11) is 0. The van der Waals surface area contributed by atoms with Crippen LogP contribution in [0, 0.1) is 6.92 Å². The van der Waals surface area contributed by atoms with Crippen LogP contribution in [0.3, 0.4) is 0 Å². The van der Waals surface area contributed by atoms with Gasteiger partial charge in [0, 0.05) is 13.3 Å². The molecule has 1 amide bonds. The van der Waals surface area contributed by atoms with Gasteiger partial charge in [0.05, 0.1) is 6.54 Å². The summed E-state index contributed by atoms with van der Waals surface area (Å²) in [5.74, 6) is -0.530. The van der Waals surface area contributed by atoms with E-state index >= 15 is 0 Å². The van der Waals surface area contributed by atoms with Gasteiger partial charge in [-0.3, -0.25) is 4.79 Å². The summed E-state index contributed by atoms with van der Waals surface area (Å²) >= 11 is 0. The standard InChI is InChI=1S/C9H11N3O4/c1-5-10-11-7(16-5)4-12-6(9(14)15)2-3-8(12)13/h6H,2-4H2,1H3,(H,14,15). The molecule has 7 nitrogen and oxygen atoms in total. The normalized spacial score (nSPS) is 20.4. The second kappa shape index (κ2) is 3.92. The Morgan fingerprint density at radius 1 is 1.62 bits per heavy atom. The molecule has 0 spiro atoms. The Balaban J connectivity index is 2.12. The molecule has 2 rings (SSSR count). The maximum absolute atomic E-state index is 11.5. The lowest BCUT2D eigenvalue weighted by molar-refractivity contribution is -0.146. The van der Waals surface area contributed by atoms with E-state index in [9.17, 15) is 9.59 Å². The molecule has 1 aromatic rings. The molecule has 7 heteroatoms. The Bertz CT molecular complexity index is 428. The van der Waals surface area contributed by atoms with Crippen molar-refractivity contribution in [3.63, 3.8) is 0 Å². The van der Waals surface area contributed by atoms with Crippen LogP contribution in [0.4, 0.5) is 0 Å². The molecule has 1 fully saturated rings. The Hall–Kier alpha value is -1.92. The van der Waals surface area contributed by atoms with Gasteiger partial charge in [-0.2, -0.15) is 0 Å². The molecule has 0 saturated carbocycles. The van der Waals surface area contributed by atoms with Gasteiger partial charge in [-0.15, -0.1) is 10.2 Å². The summed E-state index contributed by atoms with van der Waals surface area (Å²) in [5.41, 5.74) is 0. The van der Waals surface area contributed by atoms with Crippen molar-refractivity contribution in [1.29, 1.82) is 0 Å². The number of aliphatic carboxylic acids is 1. The van der Waals surface area contributed by atoms with E-state index in [2.05, 4.69) is 10.2 Å². The van der Waals surface area contributed by atoms with Gasteiger partial charge in [0.2, 0.25) is 17.7 Å².